The fourth-order valence-electron chi connectivity index (χ4n) is 3.44. The second-order valence-corrected chi connectivity index (χ2v) is 6.21. The molecule has 0 spiro atoms. The van der Waals surface area contributed by atoms with Gasteiger partial charge in [-0.2, -0.15) is 0 Å². The summed E-state index contributed by atoms with van der Waals surface area (Å²) in [6.45, 7) is 1.60. The maximum Gasteiger partial charge on any atom is 0.155 e. The van der Waals surface area contributed by atoms with E-state index in [0.29, 0.717) is 12.5 Å². The Morgan fingerprint density at radius 1 is 1.17 bits per heavy atom. The van der Waals surface area contributed by atoms with E-state index in [9.17, 15) is 5.11 Å². The molecule has 1 aliphatic rings. The molecule has 4 rings (SSSR count). The van der Waals surface area contributed by atoms with Gasteiger partial charge in [-0.25, -0.2) is 9.97 Å². The van der Waals surface area contributed by atoms with E-state index in [1.807, 2.05) is 29.3 Å². The van der Waals surface area contributed by atoms with E-state index in [1.165, 1.54) is 0 Å². The molecule has 0 saturated heterocycles. The van der Waals surface area contributed by atoms with Gasteiger partial charge in [0.1, 0.15) is 0 Å². The Balaban J connectivity index is 1.37. The molecule has 120 valence electrons. The first kappa shape index (κ1) is 14.3. The van der Waals surface area contributed by atoms with Gasteiger partial charge in [-0.15, -0.1) is 0 Å². The van der Waals surface area contributed by atoms with E-state index in [1.54, 1.807) is 18.6 Å². The Bertz CT molecular complexity index is 768. The van der Waals surface area contributed by atoms with E-state index in [4.69, 9.17) is 0 Å². The van der Waals surface area contributed by atoms with Crippen molar-refractivity contribution >= 4 is 5.65 Å². The number of aliphatic hydroxyl groups is 1. The largest absolute Gasteiger partial charge is 0.391 e. The van der Waals surface area contributed by atoms with Crippen LogP contribution in [0, 0.1) is 5.92 Å². The minimum atomic E-state index is -0.302. The Kier molecular flexibility index (Phi) is 3.80. The van der Waals surface area contributed by atoms with Gasteiger partial charge in [-0.1, -0.05) is 0 Å². The maximum absolute atomic E-state index is 10.3. The molecule has 3 aromatic rings. The predicted molar refractivity (Wildman–Crippen MR) is 84.6 cm³/mol. The van der Waals surface area contributed by atoms with Crippen LogP contribution in [-0.4, -0.2) is 41.2 Å². The number of aromatic nitrogens is 5. The molecule has 3 aromatic heterocycles. The second-order valence-electron chi connectivity index (χ2n) is 6.21. The Labute approximate surface area is 134 Å². The third-order valence-electron chi connectivity index (χ3n) is 4.59. The van der Waals surface area contributed by atoms with Crippen LogP contribution in [0.1, 0.15) is 18.5 Å². The normalized spacial score (nSPS) is 24.5. The van der Waals surface area contributed by atoms with Gasteiger partial charge in [0.25, 0.3) is 0 Å². The number of hydrogen-bond donors (Lipinski definition) is 2. The van der Waals surface area contributed by atoms with Crippen molar-refractivity contribution in [3.8, 4) is 0 Å². The van der Waals surface area contributed by atoms with E-state index in [0.717, 1.165) is 30.7 Å². The van der Waals surface area contributed by atoms with Crippen LogP contribution < -0.4 is 5.32 Å². The minimum absolute atomic E-state index is 0.121. The number of nitrogens with zero attached hydrogens (tertiary/aromatic N) is 5. The van der Waals surface area contributed by atoms with Crippen LogP contribution in [0.15, 0.2) is 43.5 Å². The highest BCUT2D eigenvalue weighted by Gasteiger charge is 2.32. The smallest absolute Gasteiger partial charge is 0.155 e. The molecule has 7 nitrogen and oxygen atoms in total. The lowest BCUT2D eigenvalue weighted by Gasteiger charge is -2.16. The van der Waals surface area contributed by atoms with Crippen molar-refractivity contribution < 1.29 is 5.11 Å². The van der Waals surface area contributed by atoms with E-state index >= 15 is 0 Å². The zero-order valence-electron chi connectivity index (χ0n) is 12.8. The lowest BCUT2D eigenvalue weighted by Crippen LogP contribution is -2.35. The monoisotopic (exact) mass is 312 g/mol. The minimum Gasteiger partial charge on any atom is -0.391 e. The third-order valence-corrected chi connectivity index (χ3v) is 4.59. The van der Waals surface area contributed by atoms with Gasteiger partial charge in [-0.3, -0.25) is 9.38 Å². The van der Waals surface area contributed by atoms with Crippen molar-refractivity contribution in [2.75, 3.05) is 0 Å². The molecular weight excluding hydrogens is 292 g/mol. The average molecular weight is 312 g/mol. The lowest BCUT2D eigenvalue weighted by molar-refractivity contribution is 0.145. The summed E-state index contributed by atoms with van der Waals surface area (Å²) in [6, 6.07) is 0.121. The first-order valence-corrected chi connectivity index (χ1v) is 7.93. The van der Waals surface area contributed by atoms with Crippen molar-refractivity contribution in [2.45, 2.75) is 38.1 Å². The molecule has 1 aliphatic carbocycles. The number of aliphatic hydroxyl groups excluding tert-OH is 1. The molecule has 0 radical (unpaired) electrons. The molecular formula is C16H20N6O. The van der Waals surface area contributed by atoms with Gasteiger partial charge in [0, 0.05) is 43.9 Å². The van der Waals surface area contributed by atoms with Crippen LogP contribution in [-0.2, 0) is 13.1 Å². The summed E-state index contributed by atoms with van der Waals surface area (Å²) in [5.41, 5.74) is 1.92. The molecule has 3 heterocycles. The Hall–Kier alpha value is -2.25. The molecule has 1 unspecified atom stereocenters. The van der Waals surface area contributed by atoms with Crippen LogP contribution in [0.25, 0.3) is 5.65 Å². The Morgan fingerprint density at radius 3 is 2.96 bits per heavy atom. The van der Waals surface area contributed by atoms with Crippen molar-refractivity contribution in [3.05, 3.63) is 49.2 Å². The summed E-state index contributed by atoms with van der Waals surface area (Å²) >= 11 is 0. The van der Waals surface area contributed by atoms with Gasteiger partial charge in [0.2, 0.25) is 0 Å². The van der Waals surface area contributed by atoms with Crippen LogP contribution in [0.2, 0.25) is 0 Å². The summed E-state index contributed by atoms with van der Waals surface area (Å²) in [4.78, 5) is 12.5. The molecule has 2 N–H and O–H groups in total. The van der Waals surface area contributed by atoms with Crippen molar-refractivity contribution in [1.29, 1.82) is 0 Å². The van der Waals surface area contributed by atoms with Gasteiger partial charge in [0.05, 0.1) is 30.5 Å². The van der Waals surface area contributed by atoms with Crippen molar-refractivity contribution in [3.63, 3.8) is 0 Å². The quantitative estimate of drug-likeness (QED) is 0.730. The molecule has 1 saturated carbocycles. The van der Waals surface area contributed by atoms with Gasteiger partial charge in [-0.05, 0) is 18.8 Å². The molecule has 0 aromatic carbocycles. The van der Waals surface area contributed by atoms with Crippen molar-refractivity contribution in [2.24, 2.45) is 5.92 Å². The highest BCUT2D eigenvalue weighted by molar-refractivity contribution is 5.36. The van der Waals surface area contributed by atoms with E-state index in [2.05, 4.69) is 24.8 Å². The molecule has 7 heteroatoms. The number of rotatable bonds is 5. The molecule has 1 fully saturated rings. The molecule has 3 atom stereocenters. The van der Waals surface area contributed by atoms with Gasteiger partial charge in [0.15, 0.2) is 5.65 Å². The topological polar surface area (TPSA) is 80.3 Å². The number of nitrogens with one attached hydrogen (secondary N) is 1. The lowest BCUT2D eigenvalue weighted by atomic mass is 10.1. The average Bonchev–Trinajstić information content (AvgIpc) is 3.27. The fourth-order valence-corrected chi connectivity index (χ4v) is 3.44. The molecule has 23 heavy (non-hydrogen) atoms. The SMILES string of the molecule is O[C@@H]1CC(Cn2ccnc2)C[C@H]1NCc1cnc2cnccn12. The standard InChI is InChI=1S/C16H20N6O/c23-15-6-12(10-21-3-1-18-11-21)5-14(15)19-7-13-8-20-16-9-17-2-4-22(13)16/h1-4,8-9,11-12,14-15,19,23H,5-7,10H2/t12?,14-,15-/m1/s1. The highest BCUT2D eigenvalue weighted by atomic mass is 16.3. The molecule has 0 amide bonds. The fraction of sp³-hybridized carbons (Fsp3) is 0.438. The number of imidazole rings is 2. The highest BCUT2D eigenvalue weighted by Crippen LogP contribution is 2.27. The van der Waals surface area contributed by atoms with Crippen LogP contribution >= 0.6 is 0 Å². The number of hydrogen-bond acceptors (Lipinski definition) is 5. The van der Waals surface area contributed by atoms with Crippen LogP contribution in [0.3, 0.4) is 0 Å². The maximum atomic E-state index is 10.3. The zero-order valence-corrected chi connectivity index (χ0v) is 12.8. The third kappa shape index (κ3) is 2.97. The van der Waals surface area contributed by atoms with E-state index < -0.39 is 0 Å². The Morgan fingerprint density at radius 2 is 2.09 bits per heavy atom. The molecule has 0 bridgehead atoms. The molecule has 0 aliphatic heterocycles. The summed E-state index contributed by atoms with van der Waals surface area (Å²) in [5, 5.41) is 13.8. The predicted octanol–water partition coefficient (Wildman–Crippen LogP) is 0.855. The summed E-state index contributed by atoms with van der Waals surface area (Å²) < 4.78 is 4.10. The van der Waals surface area contributed by atoms with E-state index in [-0.39, 0.29) is 12.1 Å². The van der Waals surface area contributed by atoms with Crippen molar-refractivity contribution in [1.82, 2.24) is 29.2 Å². The summed E-state index contributed by atoms with van der Waals surface area (Å²) in [7, 11) is 0. The van der Waals surface area contributed by atoms with Crippen LogP contribution in [0.5, 0.6) is 0 Å². The summed E-state index contributed by atoms with van der Waals surface area (Å²) in [5.74, 6) is 0.475. The number of fused-ring (bicyclic) bond motifs is 1. The van der Waals surface area contributed by atoms with Gasteiger partial charge >= 0.3 is 0 Å². The van der Waals surface area contributed by atoms with Crippen LogP contribution in [0.4, 0.5) is 0 Å². The zero-order chi connectivity index (χ0) is 15.6. The first-order valence-electron chi connectivity index (χ1n) is 7.93. The first-order chi connectivity index (χ1) is 11.3. The summed E-state index contributed by atoms with van der Waals surface area (Å²) in [6.07, 6.45) is 14.4. The van der Waals surface area contributed by atoms with Gasteiger partial charge < -0.3 is 15.0 Å². The second kappa shape index (κ2) is 6.10.